The van der Waals surface area contributed by atoms with Gasteiger partial charge in [0, 0.05) is 6.54 Å². The molecule has 1 aliphatic heterocycles. The van der Waals surface area contributed by atoms with Gasteiger partial charge in [-0.05, 0) is 36.6 Å². The van der Waals surface area contributed by atoms with Crippen molar-refractivity contribution in [2.45, 2.75) is 18.5 Å². The fraction of sp³-hybridized carbons (Fsp3) is 0.500. The van der Waals surface area contributed by atoms with E-state index in [0.29, 0.717) is 19.5 Å². The molecule has 5 heteroatoms. The van der Waals surface area contributed by atoms with Gasteiger partial charge < -0.3 is 0 Å². The van der Waals surface area contributed by atoms with Gasteiger partial charge in [0.1, 0.15) is 5.82 Å². The highest BCUT2D eigenvalue weighted by Crippen LogP contribution is 2.29. The minimum Gasteiger partial charge on any atom is -0.294 e. The summed E-state index contributed by atoms with van der Waals surface area (Å²) in [7, 11) is 0. The molecule has 1 heterocycles. The fourth-order valence-electron chi connectivity index (χ4n) is 2.24. The van der Waals surface area contributed by atoms with E-state index in [-0.39, 0.29) is 11.7 Å². The Kier molecular flexibility index (Phi) is 3.38. The third kappa shape index (κ3) is 3.43. The van der Waals surface area contributed by atoms with Crippen molar-refractivity contribution >= 4 is 0 Å². The van der Waals surface area contributed by atoms with Gasteiger partial charge in [-0.1, -0.05) is 12.1 Å². The quantitative estimate of drug-likeness (QED) is 0.725. The Morgan fingerprint density at radius 2 is 1.82 bits per heavy atom. The monoisotopic (exact) mass is 247 g/mol. The molecule has 0 amide bonds. The number of halogens is 4. The van der Waals surface area contributed by atoms with Crippen LogP contribution in [0.5, 0.6) is 0 Å². The van der Waals surface area contributed by atoms with Crippen LogP contribution < -0.4 is 0 Å². The average molecular weight is 247 g/mol. The molecule has 0 spiro atoms. The van der Waals surface area contributed by atoms with E-state index in [1.807, 2.05) is 0 Å². The van der Waals surface area contributed by atoms with Crippen LogP contribution in [0, 0.1) is 5.82 Å². The molecule has 0 radical (unpaired) electrons. The summed E-state index contributed by atoms with van der Waals surface area (Å²) < 4.78 is 49.3. The SMILES string of the molecule is Fc1ccc([C@H]2CCN(CC(F)(F)F)C2)cc1. The summed E-state index contributed by atoms with van der Waals surface area (Å²) in [5.74, 6) is -0.239. The lowest BCUT2D eigenvalue weighted by Crippen LogP contribution is -2.32. The summed E-state index contributed by atoms with van der Waals surface area (Å²) in [6, 6.07) is 6.00. The predicted molar refractivity (Wildman–Crippen MR) is 56.3 cm³/mol. The van der Waals surface area contributed by atoms with Gasteiger partial charge in [0.2, 0.25) is 0 Å². The molecule has 0 unspecified atom stereocenters. The Hall–Kier alpha value is -1.10. The molecule has 0 N–H and O–H groups in total. The lowest BCUT2D eigenvalue weighted by atomic mass is 9.99. The van der Waals surface area contributed by atoms with E-state index in [0.717, 1.165) is 5.56 Å². The number of hydrogen-bond acceptors (Lipinski definition) is 1. The van der Waals surface area contributed by atoms with Crippen molar-refractivity contribution in [3.05, 3.63) is 35.6 Å². The Labute approximate surface area is 97.0 Å². The number of rotatable bonds is 2. The molecule has 1 aromatic carbocycles. The smallest absolute Gasteiger partial charge is 0.294 e. The lowest BCUT2D eigenvalue weighted by Gasteiger charge is -2.17. The minimum absolute atomic E-state index is 0.0814. The molecular formula is C12H13F4N. The van der Waals surface area contributed by atoms with Gasteiger partial charge >= 0.3 is 6.18 Å². The number of alkyl halides is 3. The van der Waals surface area contributed by atoms with Gasteiger partial charge in [0.25, 0.3) is 0 Å². The van der Waals surface area contributed by atoms with Crippen LogP contribution in [0.4, 0.5) is 17.6 Å². The van der Waals surface area contributed by atoms with E-state index in [9.17, 15) is 17.6 Å². The second-order valence-corrected chi connectivity index (χ2v) is 4.39. The predicted octanol–water partition coefficient (Wildman–Crippen LogP) is 3.18. The molecular weight excluding hydrogens is 234 g/mol. The Bertz CT molecular complexity index is 371. The maximum absolute atomic E-state index is 12.7. The largest absolute Gasteiger partial charge is 0.401 e. The summed E-state index contributed by atoms with van der Waals surface area (Å²) in [6.45, 7) is -0.0165. The van der Waals surface area contributed by atoms with Gasteiger partial charge in [0.15, 0.2) is 0 Å². The first kappa shape index (κ1) is 12.4. The maximum atomic E-state index is 12.7. The van der Waals surface area contributed by atoms with Crippen molar-refractivity contribution in [1.29, 1.82) is 0 Å². The molecule has 17 heavy (non-hydrogen) atoms. The van der Waals surface area contributed by atoms with Gasteiger partial charge in [-0.2, -0.15) is 13.2 Å². The van der Waals surface area contributed by atoms with Crippen LogP contribution >= 0.6 is 0 Å². The number of hydrogen-bond donors (Lipinski definition) is 0. The molecule has 1 saturated heterocycles. The zero-order valence-electron chi connectivity index (χ0n) is 9.17. The van der Waals surface area contributed by atoms with Gasteiger partial charge in [-0.3, -0.25) is 4.90 Å². The molecule has 0 aliphatic carbocycles. The summed E-state index contributed by atoms with van der Waals surface area (Å²) in [6.07, 6.45) is -3.45. The highest BCUT2D eigenvalue weighted by atomic mass is 19.4. The first-order valence-corrected chi connectivity index (χ1v) is 5.48. The molecule has 0 aromatic heterocycles. The standard InChI is InChI=1S/C12H13F4N/c13-11-3-1-9(2-4-11)10-5-6-17(7-10)8-12(14,15)16/h1-4,10H,5-8H2/t10-/m0/s1. The van der Waals surface area contributed by atoms with Gasteiger partial charge in [-0.15, -0.1) is 0 Å². The molecule has 0 saturated carbocycles. The van der Waals surface area contributed by atoms with Crippen molar-refractivity contribution in [2.24, 2.45) is 0 Å². The second-order valence-electron chi connectivity index (χ2n) is 4.39. The van der Waals surface area contributed by atoms with Gasteiger partial charge in [-0.25, -0.2) is 4.39 Å². The number of nitrogens with zero attached hydrogens (tertiary/aromatic N) is 1. The van der Waals surface area contributed by atoms with Crippen LogP contribution in [0.25, 0.3) is 0 Å². The van der Waals surface area contributed by atoms with E-state index in [1.54, 1.807) is 12.1 Å². The molecule has 1 atom stereocenters. The topological polar surface area (TPSA) is 3.24 Å². The minimum atomic E-state index is -4.14. The van der Waals surface area contributed by atoms with Crippen LogP contribution in [0.1, 0.15) is 17.9 Å². The third-order valence-corrected chi connectivity index (χ3v) is 3.02. The van der Waals surface area contributed by atoms with E-state index >= 15 is 0 Å². The molecule has 0 bridgehead atoms. The maximum Gasteiger partial charge on any atom is 0.401 e. The normalized spacial score (nSPS) is 22.0. The van der Waals surface area contributed by atoms with Crippen molar-refractivity contribution < 1.29 is 17.6 Å². The van der Waals surface area contributed by atoms with Crippen LogP contribution in [-0.2, 0) is 0 Å². The first-order chi connectivity index (χ1) is 7.94. The highest BCUT2D eigenvalue weighted by Gasteiger charge is 2.34. The molecule has 1 nitrogen and oxygen atoms in total. The van der Waals surface area contributed by atoms with Crippen LogP contribution in [-0.4, -0.2) is 30.7 Å². The third-order valence-electron chi connectivity index (χ3n) is 3.02. The molecule has 2 rings (SSSR count). The van der Waals surface area contributed by atoms with Crippen molar-refractivity contribution in [3.8, 4) is 0 Å². The van der Waals surface area contributed by atoms with Crippen molar-refractivity contribution in [3.63, 3.8) is 0 Å². The number of likely N-dealkylation sites (tertiary alicyclic amines) is 1. The van der Waals surface area contributed by atoms with E-state index in [1.165, 1.54) is 17.0 Å². The van der Waals surface area contributed by atoms with Gasteiger partial charge in [0.05, 0.1) is 6.54 Å². The van der Waals surface area contributed by atoms with Crippen LogP contribution in [0.15, 0.2) is 24.3 Å². The van der Waals surface area contributed by atoms with E-state index < -0.39 is 12.7 Å². The van der Waals surface area contributed by atoms with Crippen molar-refractivity contribution in [1.82, 2.24) is 4.90 Å². The zero-order chi connectivity index (χ0) is 12.5. The Balaban J connectivity index is 1.96. The lowest BCUT2D eigenvalue weighted by molar-refractivity contribution is -0.143. The summed E-state index contributed by atoms with van der Waals surface area (Å²) in [5.41, 5.74) is 0.913. The van der Waals surface area contributed by atoms with Crippen LogP contribution in [0.2, 0.25) is 0 Å². The fourth-order valence-corrected chi connectivity index (χ4v) is 2.24. The Morgan fingerprint density at radius 1 is 1.18 bits per heavy atom. The molecule has 1 fully saturated rings. The first-order valence-electron chi connectivity index (χ1n) is 5.48. The Morgan fingerprint density at radius 3 is 2.41 bits per heavy atom. The molecule has 94 valence electrons. The molecule has 1 aliphatic rings. The zero-order valence-corrected chi connectivity index (χ0v) is 9.17. The summed E-state index contributed by atoms with van der Waals surface area (Å²) in [4.78, 5) is 1.40. The summed E-state index contributed by atoms with van der Waals surface area (Å²) >= 11 is 0. The highest BCUT2D eigenvalue weighted by molar-refractivity contribution is 5.21. The van der Waals surface area contributed by atoms with E-state index in [2.05, 4.69) is 0 Å². The second kappa shape index (κ2) is 4.64. The average Bonchev–Trinajstić information content (AvgIpc) is 2.64. The van der Waals surface area contributed by atoms with Crippen LogP contribution in [0.3, 0.4) is 0 Å². The van der Waals surface area contributed by atoms with Crippen molar-refractivity contribution in [2.75, 3.05) is 19.6 Å². The van der Waals surface area contributed by atoms with E-state index in [4.69, 9.17) is 0 Å². The summed E-state index contributed by atoms with van der Waals surface area (Å²) in [5, 5.41) is 0. The molecule has 1 aromatic rings. The number of benzene rings is 1.